The predicted octanol–water partition coefficient (Wildman–Crippen LogP) is 2.63. The van der Waals surface area contributed by atoms with Crippen LogP contribution in [0.5, 0.6) is 0 Å². The summed E-state index contributed by atoms with van der Waals surface area (Å²) in [5, 5.41) is 3.75. The smallest absolute Gasteiger partial charge is 0.0213 e. The van der Waals surface area contributed by atoms with E-state index in [9.17, 15) is 0 Å². The molecule has 1 unspecified atom stereocenters. The van der Waals surface area contributed by atoms with Gasteiger partial charge in [0.1, 0.15) is 0 Å². The second-order valence-corrected chi connectivity index (χ2v) is 5.96. The fourth-order valence-electron chi connectivity index (χ4n) is 3.10. The van der Waals surface area contributed by atoms with Crippen LogP contribution in [0.1, 0.15) is 36.0 Å². The van der Waals surface area contributed by atoms with E-state index in [0.717, 1.165) is 12.6 Å². The van der Waals surface area contributed by atoms with Crippen molar-refractivity contribution in [2.24, 2.45) is 0 Å². The molecule has 2 aliphatic rings. The van der Waals surface area contributed by atoms with Gasteiger partial charge in [0, 0.05) is 31.7 Å². The van der Waals surface area contributed by atoms with Gasteiger partial charge < -0.3 is 5.32 Å². The van der Waals surface area contributed by atoms with E-state index in [1.54, 1.807) is 0 Å². The number of nitrogens with one attached hydrogen (secondary N) is 1. The molecular weight excluding hydrogens is 220 g/mol. The van der Waals surface area contributed by atoms with Gasteiger partial charge in [-0.05, 0) is 49.8 Å². The van der Waals surface area contributed by atoms with Crippen LogP contribution in [0.15, 0.2) is 18.2 Å². The standard InChI is InChI=1S/C16H24N2/c1-12-4-3-5-13(2)16(12)10-17-14-8-9-18(11-14)15-6-7-15/h3-5,14-15,17H,6-11H2,1-2H3. The lowest BCUT2D eigenvalue weighted by Crippen LogP contribution is -2.33. The van der Waals surface area contributed by atoms with Crippen LogP contribution in [-0.4, -0.2) is 30.1 Å². The Bertz CT molecular complexity index is 403. The SMILES string of the molecule is Cc1cccc(C)c1CNC1CCN(C2CC2)C1. The molecule has 1 saturated carbocycles. The van der Waals surface area contributed by atoms with E-state index >= 15 is 0 Å². The van der Waals surface area contributed by atoms with Crippen molar-refractivity contribution in [3.63, 3.8) is 0 Å². The Morgan fingerprint density at radius 3 is 2.56 bits per heavy atom. The second-order valence-electron chi connectivity index (χ2n) is 5.96. The van der Waals surface area contributed by atoms with Gasteiger partial charge in [-0.25, -0.2) is 0 Å². The normalized spacial score (nSPS) is 24.7. The summed E-state index contributed by atoms with van der Waals surface area (Å²) in [6, 6.07) is 8.21. The molecule has 1 saturated heterocycles. The molecule has 0 bridgehead atoms. The summed E-state index contributed by atoms with van der Waals surface area (Å²) in [4.78, 5) is 2.67. The van der Waals surface area contributed by atoms with Crippen molar-refractivity contribution in [1.82, 2.24) is 10.2 Å². The number of hydrogen-bond acceptors (Lipinski definition) is 2. The first kappa shape index (κ1) is 12.2. The molecule has 2 nitrogen and oxygen atoms in total. The van der Waals surface area contributed by atoms with Crippen LogP contribution in [0.3, 0.4) is 0 Å². The van der Waals surface area contributed by atoms with Crippen LogP contribution >= 0.6 is 0 Å². The van der Waals surface area contributed by atoms with E-state index in [2.05, 4.69) is 42.3 Å². The number of hydrogen-bond donors (Lipinski definition) is 1. The summed E-state index contributed by atoms with van der Waals surface area (Å²) < 4.78 is 0. The largest absolute Gasteiger partial charge is 0.309 e. The summed E-state index contributed by atoms with van der Waals surface area (Å²) >= 11 is 0. The lowest BCUT2D eigenvalue weighted by Gasteiger charge is -2.17. The minimum Gasteiger partial charge on any atom is -0.309 e. The molecular formula is C16H24N2. The lowest BCUT2D eigenvalue weighted by atomic mass is 10.0. The third kappa shape index (κ3) is 2.60. The minimum absolute atomic E-state index is 0.699. The molecule has 1 atom stereocenters. The molecule has 1 aliphatic heterocycles. The number of likely N-dealkylation sites (tertiary alicyclic amines) is 1. The summed E-state index contributed by atoms with van der Waals surface area (Å²) in [6.45, 7) is 8.02. The van der Waals surface area contributed by atoms with E-state index in [4.69, 9.17) is 0 Å². The quantitative estimate of drug-likeness (QED) is 0.876. The summed E-state index contributed by atoms with van der Waals surface area (Å²) in [5.74, 6) is 0. The Hall–Kier alpha value is -0.860. The molecule has 1 aliphatic carbocycles. The first-order valence-electron chi connectivity index (χ1n) is 7.26. The van der Waals surface area contributed by atoms with Crippen molar-refractivity contribution < 1.29 is 0 Å². The molecule has 2 fully saturated rings. The maximum atomic E-state index is 3.75. The van der Waals surface area contributed by atoms with Gasteiger partial charge in [-0.15, -0.1) is 0 Å². The zero-order valence-electron chi connectivity index (χ0n) is 11.6. The molecule has 3 rings (SSSR count). The molecule has 0 radical (unpaired) electrons. The zero-order chi connectivity index (χ0) is 12.5. The maximum absolute atomic E-state index is 3.75. The summed E-state index contributed by atoms with van der Waals surface area (Å²) in [6.07, 6.45) is 4.19. The minimum atomic E-state index is 0.699. The van der Waals surface area contributed by atoms with E-state index < -0.39 is 0 Å². The van der Waals surface area contributed by atoms with Crippen molar-refractivity contribution in [3.05, 3.63) is 34.9 Å². The van der Waals surface area contributed by atoms with Gasteiger partial charge in [-0.2, -0.15) is 0 Å². The number of nitrogens with zero attached hydrogens (tertiary/aromatic N) is 1. The predicted molar refractivity (Wildman–Crippen MR) is 75.8 cm³/mol. The molecule has 1 aromatic rings. The molecule has 1 heterocycles. The van der Waals surface area contributed by atoms with Crippen LogP contribution in [0.25, 0.3) is 0 Å². The van der Waals surface area contributed by atoms with Gasteiger partial charge >= 0.3 is 0 Å². The number of benzene rings is 1. The van der Waals surface area contributed by atoms with E-state index in [1.165, 1.54) is 49.0 Å². The van der Waals surface area contributed by atoms with Crippen LogP contribution in [0.2, 0.25) is 0 Å². The second kappa shape index (κ2) is 5.02. The number of rotatable bonds is 4. The highest BCUT2D eigenvalue weighted by Gasteiger charge is 2.34. The van der Waals surface area contributed by atoms with Gasteiger partial charge in [0.05, 0.1) is 0 Å². The average molecular weight is 244 g/mol. The number of aryl methyl sites for hydroxylation is 2. The van der Waals surface area contributed by atoms with Crippen LogP contribution in [0, 0.1) is 13.8 Å². The molecule has 18 heavy (non-hydrogen) atoms. The third-order valence-corrected chi connectivity index (χ3v) is 4.49. The first-order chi connectivity index (χ1) is 8.74. The maximum Gasteiger partial charge on any atom is 0.0213 e. The molecule has 0 amide bonds. The Balaban J connectivity index is 1.55. The van der Waals surface area contributed by atoms with Crippen LogP contribution in [0.4, 0.5) is 0 Å². The van der Waals surface area contributed by atoms with E-state index in [-0.39, 0.29) is 0 Å². The van der Waals surface area contributed by atoms with Gasteiger partial charge in [0.2, 0.25) is 0 Å². The fourth-order valence-corrected chi connectivity index (χ4v) is 3.10. The molecule has 0 spiro atoms. The lowest BCUT2D eigenvalue weighted by molar-refractivity contribution is 0.317. The Labute approximate surface area is 110 Å². The highest BCUT2D eigenvalue weighted by atomic mass is 15.2. The Morgan fingerprint density at radius 1 is 1.17 bits per heavy atom. The van der Waals surface area contributed by atoms with E-state index in [1.807, 2.05) is 0 Å². The third-order valence-electron chi connectivity index (χ3n) is 4.49. The molecule has 98 valence electrons. The molecule has 0 aromatic heterocycles. The van der Waals surface area contributed by atoms with Crippen molar-refractivity contribution in [3.8, 4) is 0 Å². The fraction of sp³-hybridized carbons (Fsp3) is 0.625. The Kier molecular flexibility index (Phi) is 3.40. The van der Waals surface area contributed by atoms with Gasteiger partial charge in [0.15, 0.2) is 0 Å². The van der Waals surface area contributed by atoms with Crippen LogP contribution < -0.4 is 5.32 Å². The Morgan fingerprint density at radius 2 is 1.89 bits per heavy atom. The van der Waals surface area contributed by atoms with Gasteiger partial charge in [-0.1, -0.05) is 18.2 Å². The van der Waals surface area contributed by atoms with Crippen molar-refractivity contribution in [2.75, 3.05) is 13.1 Å². The van der Waals surface area contributed by atoms with Crippen LogP contribution in [-0.2, 0) is 6.54 Å². The zero-order valence-corrected chi connectivity index (χ0v) is 11.6. The van der Waals surface area contributed by atoms with Gasteiger partial charge in [-0.3, -0.25) is 4.90 Å². The summed E-state index contributed by atoms with van der Waals surface area (Å²) in [5.41, 5.74) is 4.32. The van der Waals surface area contributed by atoms with E-state index in [0.29, 0.717) is 6.04 Å². The highest BCUT2D eigenvalue weighted by molar-refractivity contribution is 5.33. The molecule has 1 N–H and O–H groups in total. The molecule has 1 aromatic carbocycles. The monoisotopic (exact) mass is 244 g/mol. The van der Waals surface area contributed by atoms with Gasteiger partial charge in [0.25, 0.3) is 0 Å². The van der Waals surface area contributed by atoms with Crippen molar-refractivity contribution in [1.29, 1.82) is 0 Å². The highest BCUT2D eigenvalue weighted by Crippen LogP contribution is 2.29. The molecule has 2 heteroatoms. The van der Waals surface area contributed by atoms with Crippen molar-refractivity contribution >= 4 is 0 Å². The topological polar surface area (TPSA) is 15.3 Å². The van der Waals surface area contributed by atoms with Crippen molar-refractivity contribution in [2.45, 2.75) is 51.7 Å². The summed E-state index contributed by atoms with van der Waals surface area (Å²) in [7, 11) is 0. The average Bonchev–Trinajstić information content (AvgIpc) is 3.09. The first-order valence-corrected chi connectivity index (χ1v) is 7.26.